The van der Waals surface area contributed by atoms with Crippen LogP contribution in [0.4, 0.5) is 0 Å². The number of hydrogen-bond donors (Lipinski definition) is 1. The number of aromatic nitrogens is 2. The average molecular weight is 150 g/mol. The van der Waals surface area contributed by atoms with Crippen LogP contribution in [0.15, 0.2) is 9.32 Å². The van der Waals surface area contributed by atoms with E-state index in [9.17, 15) is 14.7 Å². The van der Waals surface area contributed by atoms with Crippen LogP contribution < -0.4 is 29.7 Å². The van der Waals surface area contributed by atoms with Crippen LogP contribution in [-0.2, 0) is 11.2 Å². The second kappa shape index (κ2) is 4.01. The van der Waals surface area contributed by atoms with Crippen molar-refractivity contribution in [3.8, 4) is 0 Å². The van der Waals surface area contributed by atoms with E-state index in [0.29, 0.717) is 0 Å². The molecule has 7 heteroatoms. The summed E-state index contributed by atoms with van der Waals surface area (Å²) in [5.41, 5.74) is 0. The third-order valence-corrected chi connectivity index (χ3v) is 0.797. The van der Waals surface area contributed by atoms with Crippen LogP contribution in [0.5, 0.6) is 0 Å². The van der Waals surface area contributed by atoms with Gasteiger partial charge in [-0.25, -0.2) is 4.79 Å². The van der Waals surface area contributed by atoms with E-state index in [2.05, 4.69) is 14.7 Å². The molecule has 11 heavy (non-hydrogen) atoms. The second-order valence-electron chi connectivity index (χ2n) is 1.59. The zero-order chi connectivity index (χ0) is 7.56. The predicted molar refractivity (Wildman–Crippen MR) is 25.8 cm³/mol. The summed E-state index contributed by atoms with van der Waals surface area (Å²) in [6, 6.07) is 0. The average Bonchev–Trinajstić information content (AvgIpc) is 2.13. The second-order valence-corrected chi connectivity index (χ2v) is 1.59. The number of carboxylic acids is 1. The Balaban J connectivity index is 0.000001000. The summed E-state index contributed by atoms with van der Waals surface area (Å²) in [6.07, 6.45) is -0.439. The summed E-state index contributed by atoms with van der Waals surface area (Å²) in [5, 5.41) is 13.0. The zero-order valence-electron chi connectivity index (χ0n) is 5.79. The molecule has 0 aromatic carbocycles. The van der Waals surface area contributed by atoms with Gasteiger partial charge in [0.2, 0.25) is 0 Å². The van der Waals surface area contributed by atoms with Gasteiger partial charge in [-0.2, -0.15) is 0 Å². The Labute approximate surface area is 72.8 Å². The van der Waals surface area contributed by atoms with E-state index in [0.717, 1.165) is 0 Å². The third-order valence-electron chi connectivity index (χ3n) is 0.797. The van der Waals surface area contributed by atoms with Crippen LogP contribution in [-0.4, -0.2) is 16.1 Å². The molecule has 0 fully saturated rings. The summed E-state index contributed by atoms with van der Waals surface area (Å²) in [6.45, 7) is 0. The number of rotatable bonds is 2. The molecule has 0 radical (unpaired) electrons. The van der Waals surface area contributed by atoms with Crippen molar-refractivity contribution in [2.75, 3.05) is 0 Å². The minimum Gasteiger partial charge on any atom is -0.550 e. The number of carboxylic acid groups (broad SMARTS) is 1. The minimum atomic E-state index is -1.32. The fraction of sp³-hybridized carbons (Fsp3) is 0.250. The Kier molecular flexibility index (Phi) is 3.64. The maximum atomic E-state index is 10.2. The molecule has 0 aliphatic heterocycles. The number of aliphatic carboxylic acids is 1. The van der Waals surface area contributed by atoms with E-state index in [1.54, 1.807) is 0 Å². The van der Waals surface area contributed by atoms with Gasteiger partial charge in [-0.15, -0.1) is 0 Å². The quantitative estimate of drug-likeness (QED) is 0.424. The first-order valence-electron chi connectivity index (χ1n) is 2.43. The van der Waals surface area contributed by atoms with E-state index >= 15 is 0 Å². The van der Waals surface area contributed by atoms with Crippen LogP contribution >= 0.6 is 0 Å². The van der Waals surface area contributed by atoms with Crippen molar-refractivity contribution < 1.29 is 33.3 Å². The normalized spacial score (nSPS) is 8.73. The largest absolute Gasteiger partial charge is 1.00 e. The molecule has 1 aromatic rings. The van der Waals surface area contributed by atoms with Gasteiger partial charge in [-0.05, 0) is 0 Å². The van der Waals surface area contributed by atoms with Crippen molar-refractivity contribution in [2.24, 2.45) is 0 Å². The molecule has 0 saturated heterocycles. The van der Waals surface area contributed by atoms with Crippen molar-refractivity contribution in [3.63, 3.8) is 0 Å². The van der Waals surface area contributed by atoms with Gasteiger partial charge in [-0.3, -0.25) is 9.51 Å². The summed E-state index contributed by atoms with van der Waals surface area (Å²) in [4.78, 5) is 22.1. The first-order chi connectivity index (χ1) is 4.68. The summed E-state index contributed by atoms with van der Waals surface area (Å²) >= 11 is 0. The molecule has 6 nitrogen and oxygen atoms in total. The molecule has 1 N–H and O–H groups in total. The van der Waals surface area contributed by atoms with Crippen LogP contribution in [0.2, 0.25) is 0 Å². The number of H-pyrrole nitrogens is 1. The van der Waals surface area contributed by atoms with Gasteiger partial charge in [0.25, 0.3) is 0 Å². The number of carbonyl (C=O) groups is 1. The number of nitrogens with one attached hydrogen (secondary N) is 1. The molecule has 0 bridgehead atoms. The van der Waals surface area contributed by atoms with E-state index in [1.165, 1.54) is 0 Å². The number of hydrogen-bond acceptors (Lipinski definition) is 5. The van der Waals surface area contributed by atoms with Crippen molar-refractivity contribution in [1.82, 2.24) is 10.1 Å². The van der Waals surface area contributed by atoms with Crippen LogP contribution in [0.1, 0.15) is 5.82 Å². The van der Waals surface area contributed by atoms with Gasteiger partial charge in [0.1, 0.15) is 0 Å². The Morgan fingerprint density at radius 1 is 1.73 bits per heavy atom. The molecule has 1 heterocycles. The molecule has 1 aromatic heterocycles. The third kappa shape index (κ3) is 3.07. The Bertz CT molecular complexity index is 290. The summed E-state index contributed by atoms with van der Waals surface area (Å²) in [5.74, 6) is -2.12. The van der Waals surface area contributed by atoms with Gasteiger partial charge in [0, 0.05) is 12.4 Å². The van der Waals surface area contributed by atoms with Crippen molar-refractivity contribution in [3.05, 3.63) is 16.4 Å². The van der Waals surface area contributed by atoms with E-state index in [1.807, 2.05) is 0 Å². The SMILES string of the molecule is O=C([O-])Cc1noc(=O)[nH]1.[Li+]. The van der Waals surface area contributed by atoms with Crippen molar-refractivity contribution in [1.29, 1.82) is 0 Å². The molecule has 0 saturated carbocycles. The Morgan fingerprint density at radius 3 is 2.73 bits per heavy atom. The first-order valence-corrected chi connectivity index (χ1v) is 2.43. The van der Waals surface area contributed by atoms with E-state index in [-0.39, 0.29) is 24.7 Å². The van der Waals surface area contributed by atoms with Gasteiger partial charge < -0.3 is 9.90 Å². The zero-order valence-corrected chi connectivity index (χ0v) is 5.79. The Morgan fingerprint density at radius 2 is 2.36 bits per heavy atom. The fourth-order valence-corrected chi connectivity index (χ4v) is 0.473. The van der Waals surface area contributed by atoms with Crippen LogP contribution in [0.25, 0.3) is 0 Å². The molecule has 0 aliphatic rings. The Hall–Kier alpha value is -0.993. The molecule has 0 atom stereocenters. The maximum absolute atomic E-state index is 10.2. The standard InChI is InChI=1S/C4H4N2O4.Li/c7-3(8)1-2-5-4(9)10-6-2;/h1H2,(H,7,8)(H,5,6,9);/q;+1/p-1. The van der Waals surface area contributed by atoms with Crippen LogP contribution in [0.3, 0.4) is 0 Å². The molecule has 0 aliphatic carbocycles. The molecule has 54 valence electrons. The van der Waals surface area contributed by atoms with Crippen molar-refractivity contribution in [2.45, 2.75) is 6.42 Å². The summed E-state index contributed by atoms with van der Waals surface area (Å²) < 4.78 is 4.01. The monoisotopic (exact) mass is 150 g/mol. The molecule has 1 rings (SSSR count). The first kappa shape index (κ1) is 10.0. The van der Waals surface area contributed by atoms with Gasteiger partial charge in [0.15, 0.2) is 5.82 Å². The maximum Gasteiger partial charge on any atom is 1.00 e. The van der Waals surface area contributed by atoms with E-state index < -0.39 is 18.1 Å². The molecule has 0 amide bonds. The molecular weight excluding hydrogens is 147 g/mol. The van der Waals surface area contributed by atoms with E-state index in [4.69, 9.17) is 0 Å². The van der Waals surface area contributed by atoms with Gasteiger partial charge >= 0.3 is 24.6 Å². The smallest absolute Gasteiger partial charge is 0.550 e. The fourth-order valence-electron chi connectivity index (χ4n) is 0.473. The molecule has 0 spiro atoms. The topological polar surface area (TPSA) is 99.0 Å². The predicted octanol–water partition coefficient (Wildman–Crippen LogP) is -5.34. The van der Waals surface area contributed by atoms with Crippen molar-refractivity contribution >= 4 is 5.97 Å². The summed E-state index contributed by atoms with van der Waals surface area (Å²) in [7, 11) is 0. The number of aromatic amines is 1. The molecular formula is C4H3LiN2O4. The van der Waals surface area contributed by atoms with Gasteiger partial charge in [-0.1, -0.05) is 5.16 Å². The van der Waals surface area contributed by atoms with Crippen LogP contribution in [0, 0.1) is 0 Å². The minimum absolute atomic E-state index is 0. The van der Waals surface area contributed by atoms with Gasteiger partial charge in [0.05, 0.1) is 0 Å². The number of carbonyl (C=O) groups excluding carboxylic acids is 1. The number of nitrogens with zero attached hydrogens (tertiary/aromatic N) is 1. The molecule has 0 unspecified atom stereocenters.